The molecule has 0 aliphatic carbocycles. The van der Waals surface area contributed by atoms with Crippen LogP contribution >= 0.6 is 0 Å². The van der Waals surface area contributed by atoms with E-state index in [1.165, 1.54) is 31.4 Å². The molecule has 0 aliphatic rings. The summed E-state index contributed by atoms with van der Waals surface area (Å²) in [7, 11) is 0. The van der Waals surface area contributed by atoms with Crippen LogP contribution in [-0.4, -0.2) is 11.1 Å². The molecule has 0 bridgehead atoms. The van der Waals surface area contributed by atoms with Gasteiger partial charge in [-0.05, 0) is 30.5 Å². The molecule has 1 atom stereocenters. The Hall–Kier alpha value is -1.38. The molecule has 0 saturated carbocycles. The number of hydrogen-bond acceptors (Lipinski definition) is 1. The van der Waals surface area contributed by atoms with Gasteiger partial charge in [-0.1, -0.05) is 51.2 Å². The zero-order valence-corrected chi connectivity index (χ0v) is 11.6. The minimum Gasteiger partial charge on any atom is -0.481 e. The number of carbonyl (C=O) groups is 1. The second-order valence-electron chi connectivity index (χ2n) is 5.07. The number of hydrogen-bond donors (Lipinski definition) is 1. The van der Waals surface area contributed by atoms with E-state index in [2.05, 4.69) is 6.92 Å². The fourth-order valence-electron chi connectivity index (χ4n) is 2.21. The van der Waals surface area contributed by atoms with Crippen molar-refractivity contribution in [2.45, 2.75) is 51.9 Å². The molecule has 0 aromatic heterocycles. The Morgan fingerprint density at radius 3 is 2.37 bits per heavy atom. The Kier molecular flexibility index (Phi) is 7.16. The van der Waals surface area contributed by atoms with Crippen LogP contribution in [0.4, 0.5) is 4.39 Å². The predicted molar refractivity (Wildman–Crippen MR) is 74.6 cm³/mol. The molecule has 1 N–H and O–H groups in total. The summed E-state index contributed by atoms with van der Waals surface area (Å²) in [6.07, 6.45) is 6.84. The summed E-state index contributed by atoms with van der Waals surface area (Å²) in [5, 5.41) is 9.22. The fraction of sp³-hybridized carbons (Fsp3) is 0.562. The van der Waals surface area contributed by atoms with E-state index in [9.17, 15) is 14.3 Å². The highest BCUT2D eigenvalue weighted by Gasteiger charge is 2.17. The first-order chi connectivity index (χ1) is 9.13. The molecule has 0 radical (unpaired) electrons. The largest absolute Gasteiger partial charge is 0.481 e. The van der Waals surface area contributed by atoms with Crippen LogP contribution in [0.5, 0.6) is 0 Å². The van der Waals surface area contributed by atoms with Gasteiger partial charge in [-0.3, -0.25) is 4.79 Å². The van der Waals surface area contributed by atoms with E-state index >= 15 is 0 Å². The summed E-state index contributed by atoms with van der Waals surface area (Å²) in [5.74, 6) is -1.39. The van der Waals surface area contributed by atoms with Crippen LogP contribution in [0.25, 0.3) is 0 Å². The lowest BCUT2D eigenvalue weighted by Gasteiger charge is -2.12. The zero-order chi connectivity index (χ0) is 14.1. The highest BCUT2D eigenvalue weighted by atomic mass is 19.1. The Labute approximate surface area is 114 Å². The summed E-state index contributed by atoms with van der Waals surface area (Å²) < 4.78 is 12.8. The highest BCUT2D eigenvalue weighted by molar-refractivity contribution is 5.70. The van der Waals surface area contributed by atoms with Crippen molar-refractivity contribution in [1.29, 1.82) is 0 Å². The van der Waals surface area contributed by atoms with E-state index in [1.54, 1.807) is 12.1 Å². The van der Waals surface area contributed by atoms with Crippen LogP contribution in [0.15, 0.2) is 24.3 Å². The molecule has 3 heteroatoms. The third-order valence-corrected chi connectivity index (χ3v) is 3.40. The maximum Gasteiger partial charge on any atom is 0.306 e. The van der Waals surface area contributed by atoms with Gasteiger partial charge in [-0.15, -0.1) is 0 Å². The van der Waals surface area contributed by atoms with Crippen molar-refractivity contribution in [3.63, 3.8) is 0 Å². The van der Waals surface area contributed by atoms with E-state index in [4.69, 9.17) is 0 Å². The van der Waals surface area contributed by atoms with Crippen molar-refractivity contribution < 1.29 is 14.3 Å². The number of unbranched alkanes of at least 4 members (excludes halogenated alkanes) is 4. The summed E-state index contributed by atoms with van der Waals surface area (Å²) in [5.41, 5.74) is 0.891. The molecule has 19 heavy (non-hydrogen) atoms. The molecule has 1 aromatic rings. The minimum absolute atomic E-state index is 0.282. The Morgan fingerprint density at radius 2 is 1.79 bits per heavy atom. The lowest BCUT2D eigenvalue weighted by molar-refractivity contribution is -0.142. The molecule has 0 aliphatic heterocycles. The molecular weight excluding hydrogens is 243 g/mol. The minimum atomic E-state index is -0.750. The van der Waals surface area contributed by atoms with E-state index in [1.807, 2.05) is 0 Å². The second kappa shape index (κ2) is 8.68. The Balaban J connectivity index is 2.40. The zero-order valence-electron chi connectivity index (χ0n) is 11.6. The first-order valence-corrected chi connectivity index (χ1v) is 7.10. The average molecular weight is 266 g/mol. The molecule has 1 unspecified atom stereocenters. The van der Waals surface area contributed by atoms with Crippen LogP contribution in [0.2, 0.25) is 0 Å². The lowest BCUT2D eigenvalue weighted by Crippen LogP contribution is -2.16. The third kappa shape index (κ3) is 6.37. The van der Waals surface area contributed by atoms with Gasteiger partial charge in [-0.25, -0.2) is 4.39 Å². The monoisotopic (exact) mass is 266 g/mol. The molecule has 1 rings (SSSR count). The van der Waals surface area contributed by atoms with Gasteiger partial charge in [0, 0.05) is 0 Å². The van der Waals surface area contributed by atoms with Gasteiger partial charge in [0.05, 0.1) is 5.92 Å². The van der Waals surface area contributed by atoms with Gasteiger partial charge in [0.25, 0.3) is 0 Å². The topological polar surface area (TPSA) is 37.3 Å². The lowest BCUT2D eigenvalue weighted by atomic mass is 9.93. The van der Waals surface area contributed by atoms with Crippen LogP contribution < -0.4 is 0 Å². The SMILES string of the molecule is CCCCCCCC(Cc1ccc(F)cc1)C(=O)O. The van der Waals surface area contributed by atoms with E-state index in [-0.39, 0.29) is 11.7 Å². The van der Waals surface area contributed by atoms with E-state index in [0.29, 0.717) is 12.8 Å². The number of rotatable bonds is 9. The van der Waals surface area contributed by atoms with Crippen molar-refractivity contribution in [2.24, 2.45) is 5.92 Å². The smallest absolute Gasteiger partial charge is 0.306 e. The van der Waals surface area contributed by atoms with E-state index < -0.39 is 5.97 Å². The average Bonchev–Trinajstić information content (AvgIpc) is 2.39. The molecule has 1 aromatic carbocycles. The highest BCUT2D eigenvalue weighted by Crippen LogP contribution is 2.17. The number of halogens is 1. The molecule has 0 heterocycles. The van der Waals surface area contributed by atoms with Crippen LogP contribution in [0.1, 0.15) is 51.0 Å². The Bertz CT molecular complexity index is 373. The summed E-state index contributed by atoms with van der Waals surface area (Å²) in [4.78, 5) is 11.2. The van der Waals surface area contributed by atoms with Gasteiger partial charge in [-0.2, -0.15) is 0 Å². The molecule has 0 amide bonds. The molecular formula is C16H23FO2. The van der Waals surface area contributed by atoms with Crippen LogP contribution in [-0.2, 0) is 11.2 Å². The summed E-state index contributed by atoms with van der Waals surface area (Å²) >= 11 is 0. The van der Waals surface area contributed by atoms with Gasteiger partial charge in [0.1, 0.15) is 5.82 Å². The summed E-state index contributed by atoms with van der Waals surface area (Å²) in [6, 6.07) is 6.11. The summed E-state index contributed by atoms with van der Waals surface area (Å²) in [6.45, 7) is 2.16. The normalized spacial score (nSPS) is 12.3. The standard InChI is InChI=1S/C16H23FO2/c1-2-3-4-5-6-7-14(16(18)19)12-13-8-10-15(17)11-9-13/h8-11,14H,2-7,12H2,1H3,(H,18,19). The molecule has 106 valence electrons. The number of benzene rings is 1. The quantitative estimate of drug-likeness (QED) is 0.671. The molecule has 0 fully saturated rings. The third-order valence-electron chi connectivity index (χ3n) is 3.40. The van der Waals surface area contributed by atoms with Crippen molar-refractivity contribution in [3.8, 4) is 0 Å². The maximum absolute atomic E-state index is 12.8. The van der Waals surface area contributed by atoms with Crippen molar-refractivity contribution in [1.82, 2.24) is 0 Å². The number of carboxylic acid groups (broad SMARTS) is 1. The van der Waals surface area contributed by atoms with Crippen molar-refractivity contribution in [3.05, 3.63) is 35.6 Å². The van der Waals surface area contributed by atoms with Crippen LogP contribution in [0, 0.1) is 11.7 Å². The second-order valence-corrected chi connectivity index (χ2v) is 5.07. The maximum atomic E-state index is 12.8. The van der Waals surface area contributed by atoms with Gasteiger partial charge < -0.3 is 5.11 Å². The van der Waals surface area contributed by atoms with Gasteiger partial charge in [0.2, 0.25) is 0 Å². The van der Waals surface area contributed by atoms with Crippen molar-refractivity contribution >= 4 is 5.97 Å². The first kappa shape index (κ1) is 15.7. The Morgan fingerprint density at radius 1 is 1.16 bits per heavy atom. The fourth-order valence-corrected chi connectivity index (χ4v) is 2.21. The molecule has 0 spiro atoms. The van der Waals surface area contributed by atoms with Gasteiger partial charge >= 0.3 is 5.97 Å². The first-order valence-electron chi connectivity index (χ1n) is 7.10. The van der Waals surface area contributed by atoms with Gasteiger partial charge in [0.15, 0.2) is 0 Å². The predicted octanol–water partition coefficient (Wildman–Crippen LogP) is 4.43. The number of carboxylic acids is 1. The van der Waals surface area contributed by atoms with Crippen LogP contribution in [0.3, 0.4) is 0 Å². The molecule has 2 nitrogen and oxygen atoms in total. The van der Waals surface area contributed by atoms with Crippen molar-refractivity contribution in [2.75, 3.05) is 0 Å². The number of aliphatic carboxylic acids is 1. The van der Waals surface area contributed by atoms with E-state index in [0.717, 1.165) is 18.4 Å². The molecule has 0 saturated heterocycles.